The summed E-state index contributed by atoms with van der Waals surface area (Å²) in [6, 6.07) is 12.2. The summed E-state index contributed by atoms with van der Waals surface area (Å²) in [5.41, 5.74) is 4.62. The number of amides is 1. The number of nitrogens with one attached hydrogen (secondary N) is 2. The zero-order valence-corrected chi connectivity index (χ0v) is 17.1. The second kappa shape index (κ2) is 9.46. The van der Waals surface area contributed by atoms with E-state index in [4.69, 9.17) is 18.9 Å². The van der Waals surface area contributed by atoms with Crippen molar-refractivity contribution in [2.45, 2.75) is 0 Å². The van der Waals surface area contributed by atoms with Gasteiger partial charge < -0.3 is 18.9 Å². The number of hydrogen-bond donors (Lipinski definition) is 2. The maximum Gasteiger partial charge on any atom is 0.289 e. The van der Waals surface area contributed by atoms with E-state index in [2.05, 4.69) is 20.7 Å². The largest absolute Gasteiger partial charge is 0.497 e. The number of hydrazone groups is 1. The highest BCUT2D eigenvalue weighted by molar-refractivity contribution is 5.94. The van der Waals surface area contributed by atoms with Gasteiger partial charge in [-0.1, -0.05) is 0 Å². The van der Waals surface area contributed by atoms with Crippen LogP contribution in [0.1, 0.15) is 16.1 Å². The van der Waals surface area contributed by atoms with E-state index >= 15 is 0 Å². The maximum atomic E-state index is 12.4. The van der Waals surface area contributed by atoms with Gasteiger partial charge in [0.05, 0.1) is 40.3 Å². The normalized spacial score (nSPS) is 10.7. The van der Waals surface area contributed by atoms with Gasteiger partial charge in [0, 0.05) is 17.2 Å². The van der Waals surface area contributed by atoms with Crippen molar-refractivity contribution in [2.75, 3.05) is 28.4 Å². The molecule has 2 aromatic carbocycles. The van der Waals surface area contributed by atoms with Crippen molar-refractivity contribution in [3.63, 3.8) is 0 Å². The number of carbonyl (C=O) groups excluding carboxylic acids is 1. The lowest BCUT2D eigenvalue weighted by molar-refractivity contribution is 0.0950. The molecule has 2 N–H and O–H groups in total. The quantitative estimate of drug-likeness (QED) is 0.437. The summed E-state index contributed by atoms with van der Waals surface area (Å²) in [7, 11) is 6.25. The topological polar surface area (TPSA) is 107 Å². The molecule has 0 spiro atoms. The first-order valence-electron chi connectivity index (χ1n) is 8.92. The highest BCUT2D eigenvalue weighted by atomic mass is 16.5. The zero-order valence-electron chi connectivity index (χ0n) is 17.1. The number of methoxy groups -OCH3 is 4. The van der Waals surface area contributed by atoms with Crippen LogP contribution in [0, 0.1) is 0 Å². The van der Waals surface area contributed by atoms with E-state index < -0.39 is 5.91 Å². The van der Waals surface area contributed by atoms with Gasteiger partial charge in [0.2, 0.25) is 0 Å². The molecule has 3 rings (SSSR count). The molecule has 156 valence electrons. The van der Waals surface area contributed by atoms with Gasteiger partial charge in [-0.15, -0.1) is 0 Å². The van der Waals surface area contributed by atoms with Gasteiger partial charge in [-0.2, -0.15) is 10.2 Å². The lowest BCUT2D eigenvalue weighted by Crippen LogP contribution is -2.18. The molecule has 1 heterocycles. The third kappa shape index (κ3) is 4.52. The Morgan fingerprint density at radius 2 is 1.63 bits per heavy atom. The fraction of sp³-hybridized carbons (Fsp3) is 0.190. The smallest absolute Gasteiger partial charge is 0.289 e. The fourth-order valence-electron chi connectivity index (χ4n) is 2.74. The van der Waals surface area contributed by atoms with Crippen LogP contribution in [0.25, 0.3) is 11.3 Å². The molecule has 0 aliphatic heterocycles. The molecule has 1 amide bonds. The van der Waals surface area contributed by atoms with E-state index in [1.165, 1.54) is 6.21 Å². The summed E-state index contributed by atoms with van der Waals surface area (Å²) < 4.78 is 21.1. The first kappa shape index (κ1) is 20.7. The Kier molecular flexibility index (Phi) is 6.53. The first-order valence-corrected chi connectivity index (χ1v) is 8.92. The van der Waals surface area contributed by atoms with Gasteiger partial charge in [-0.05, 0) is 36.4 Å². The van der Waals surface area contributed by atoms with Crippen LogP contribution in [0.5, 0.6) is 23.0 Å². The van der Waals surface area contributed by atoms with Crippen molar-refractivity contribution < 1.29 is 23.7 Å². The molecule has 0 saturated carbocycles. The standard InChI is InChI=1S/C21H22N4O5/c1-27-14-7-8-19(29-3)16(9-14)17-11-18(24-23-17)21(26)25-22-12-13-5-6-15(28-2)10-20(13)30-4/h5-12H,1-4H3,(H,23,24)(H,25,26). The Hall–Kier alpha value is -4.01. The van der Waals surface area contributed by atoms with Crippen molar-refractivity contribution in [3.05, 3.63) is 53.7 Å². The molecular formula is C21H22N4O5. The molecule has 9 heteroatoms. The summed E-state index contributed by atoms with van der Waals surface area (Å²) in [6.07, 6.45) is 1.48. The summed E-state index contributed by atoms with van der Waals surface area (Å²) >= 11 is 0. The first-order chi connectivity index (χ1) is 14.6. The highest BCUT2D eigenvalue weighted by Crippen LogP contribution is 2.32. The average molecular weight is 410 g/mol. The van der Waals surface area contributed by atoms with Crippen molar-refractivity contribution in [1.29, 1.82) is 0 Å². The van der Waals surface area contributed by atoms with E-state index in [0.717, 1.165) is 0 Å². The summed E-state index contributed by atoms with van der Waals surface area (Å²) in [5, 5.41) is 10.9. The number of hydrogen-bond acceptors (Lipinski definition) is 7. The molecule has 0 saturated heterocycles. The molecule has 9 nitrogen and oxygen atoms in total. The SMILES string of the molecule is COc1ccc(C=NNC(=O)c2cc(-c3cc(OC)ccc3OC)n[nH]2)c(OC)c1. The van der Waals surface area contributed by atoms with Crippen LogP contribution >= 0.6 is 0 Å². The molecule has 0 aliphatic carbocycles. The third-order valence-corrected chi connectivity index (χ3v) is 4.32. The van der Waals surface area contributed by atoms with Crippen molar-refractivity contribution in [2.24, 2.45) is 5.10 Å². The summed E-state index contributed by atoms with van der Waals surface area (Å²) in [6.45, 7) is 0. The molecule has 0 radical (unpaired) electrons. The van der Waals surface area contributed by atoms with Gasteiger partial charge in [0.15, 0.2) is 0 Å². The van der Waals surface area contributed by atoms with Crippen molar-refractivity contribution in [3.8, 4) is 34.3 Å². The Bertz CT molecular complexity index is 1060. The predicted molar refractivity (Wildman–Crippen MR) is 112 cm³/mol. The molecule has 3 aromatic rings. The van der Waals surface area contributed by atoms with Gasteiger partial charge in [-0.25, -0.2) is 5.43 Å². The van der Waals surface area contributed by atoms with E-state index in [1.807, 2.05) is 0 Å². The van der Waals surface area contributed by atoms with Crippen molar-refractivity contribution in [1.82, 2.24) is 15.6 Å². The minimum Gasteiger partial charge on any atom is -0.497 e. The van der Waals surface area contributed by atoms with Crippen LogP contribution in [0.15, 0.2) is 47.6 Å². The molecule has 0 bridgehead atoms. The second-order valence-corrected chi connectivity index (χ2v) is 6.04. The lowest BCUT2D eigenvalue weighted by atomic mass is 10.1. The minimum absolute atomic E-state index is 0.244. The molecule has 0 unspecified atom stereocenters. The predicted octanol–water partition coefficient (Wildman–Crippen LogP) is 2.88. The molecular weight excluding hydrogens is 388 g/mol. The van der Waals surface area contributed by atoms with E-state index in [1.54, 1.807) is 70.9 Å². The number of aromatic nitrogens is 2. The van der Waals surface area contributed by atoms with E-state index in [9.17, 15) is 4.79 Å². The van der Waals surface area contributed by atoms with Crippen LogP contribution in [0.3, 0.4) is 0 Å². The van der Waals surface area contributed by atoms with Crippen LogP contribution in [0.4, 0.5) is 0 Å². The zero-order chi connectivity index (χ0) is 21.5. The maximum absolute atomic E-state index is 12.4. The Morgan fingerprint density at radius 3 is 2.33 bits per heavy atom. The van der Waals surface area contributed by atoms with Gasteiger partial charge in [0.1, 0.15) is 28.7 Å². The van der Waals surface area contributed by atoms with Gasteiger partial charge in [0.25, 0.3) is 5.91 Å². The summed E-state index contributed by atoms with van der Waals surface area (Å²) in [4.78, 5) is 12.4. The number of benzene rings is 2. The Labute approximate surface area is 173 Å². The highest BCUT2D eigenvalue weighted by Gasteiger charge is 2.14. The number of aromatic amines is 1. The monoisotopic (exact) mass is 410 g/mol. The van der Waals surface area contributed by atoms with E-state index in [-0.39, 0.29) is 5.69 Å². The Morgan fingerprint density at radius 1 is 0.933 bits per heavy atom. The minimum atomic E-state index is -0.445. The second-order valence-electron chi connectivity index (χ2n) is 6.04. The fourth-order valence-corrected chi connectivity index (χ4v) is 2.74. The Balaban J connectivity index is 1.74. The van der Waals surface area contributed by atoms with Crippen molar-refractivity contribution >= 4 is 12.1 Å². The molecule has 0 aliphatic rings. The third-order valence-electron chi connectivity index (χ3n) is 4.32. The number of H-pyrrole nitrogens is 1. The molecule has 0 fully saturated rings. The van der Waals surface area contributed by atoms with Gasteiger partial charge >= 0.3 is 0 Å². The van der Waals surface area contributed by atoms with E-state index in [0.29, 0.717) is 39.8 Å². The number of rotatable bonds is 8. The van der Waals surface area contributed by atoms with Crippen LogP contribution < -0.4 is 24.4 Å². The molecule has 0 atom stereocenters. The number of carbonyl (C=O) groups is 1. The van der Waals surface area contributed by atoms with Crippen LogP contribution in [-0.2, 0) is 0 Å². The van der Waals surface area contributed by atoms with Crippen LogP contribution in [0.2, 0.25) is 0 Å². The van der Waals surface area contributed by atoms with Crippen LogP contribution in [-0.4, -0.2) is 50.8 Å². The molecule has 1 aromatic heterocycles. The lowest BCUT2D eigenvalue weighted by Gasteiger charge is -2.08. The van der Waals surface area contributed by atoms with Gasteiger partial charge in [-0.3, -0.25) is 9.89 Å². The number of ether oxygens (including phenoxy) is 4. The average Bonchev–Trinajstić information content (AvgIpc) is 3.29. The summed E-state index contributed by atoms with van der Waals surface area (Å²) in [5.74, 6) is 2.04. The number of nitrogens with zero attached hydrogens (tertiary/aromatic N) is 2. The molecule has 30 heavy (non-hydrogen) atoms.